The van der Waals surface area contributed by atoms with E-state index >= 15 is 0 Å². The first kappa shape index (κ1) is 9.39. The minimum atomic E-state index is -1.30. The van der Waals surface area contributed by atoms with Gasteiger partial charge in [0.15, 0.2) is 6.10 Å². The highest BCUT2D eigenvalue weighted by atomic mass is 16.3. The van der Waals surface area contributed by atoms with Crippen molar-refractivity contribution in [2.24, 2.45) is 0 Å². The number of rotatable bonds is 2. The molecular formula is C6H13NO3. The van der Waals surface area contributed by atoms with E-state index in [1.165, 1.54) is 25.9 Å². The highest BCUT2D eigenvalue weighted by Crippen LogP contribution is 1.94. The van der Waals surface area contributed by atoms with Crippen molar-refractivity contribution in [3.63, 3.8) is 0 Å². The van der Waals surface area contributed by atoms with Crippen molar-refractivity contribution in [3.05, 3.63) is 0 Å². The summed E-state index contributed by atoms with van der Waals surface area (Å²) in [7, 11) is 3.04. The van der Waals surface area contributed by atoms with Crippen LogP contribution >= 0.6 is 0 Å². The fourth-order valence-corrected chi connectivity index (χ4v) is 0.471. The second-order valence-corrected chi connectivity index (χ2v) is 2.42. The van der Waals surface area contributed by atoms with Crippen LogP contribution in [0.15, 0.2) is 0 Å². The Morgan fingerprint density at radius 2 is 1.80 bits per heavy atom. The number of hydrogen-bond donors (Lipinski definition) is 2. The molecule has 60 valence electrons. The van der Waals surface area contributed by atoms with E-state index in [1.807, 2.05) is 0 Å². The standard InChI is InChI=1S/C6H13NO3/c1-4(8)5(9)6(10)7(2)3/h4-5,8-9H,1-3H3. The zero-order valence-corrected chi connectivity index (χ0v) is 6.40. The Hall–Kier alpha value is -0.610. The van der Waals surface area contributed by atoms with Crippen LogP contribution in [0.25, 0.3) is 0 Å². The molecule has 0 aromatic heterocycles. The number of carbonyl (C=O) groups excluding carboxylic acids is 1. The van der Waals surface area contributed by atoms with Gasteiger partial charge >= 0.3 is 0 Å². The number of aliphatic hydroxyl groups excluding tert-OH is 2. The zero-order valence-electron chi connectivity index (χ0n) is 6.40. The molecule has 0 radical (unpaired) electrons. The largest absolute Gasteiger partial charge is 0.390 e. The maximum Gasteiger partial charge on any atom is 0.253 e. The van der Waals surface area contributed by atoms with Crippen LogP contribution < -0.4 is 0 Å². The van der Waals surface area contributed by atoms with Crippen LogP contribution in [0.5, 0.6) is 0 Å². The number of nitrogens with zero attached hydrogens (tertiary/aromatic N) is 1. The van der Waals surface area contributed by atoms with Gasteiger partial charge in [0.05, 0.1) is 6.10 Å². The Balaban J connectivity index is 3.95. The third-order valence-corrected chi connectivity index (χ3v) is 1.15. The minimum Gasteiger partial charge on any atom is -0.390 e. The molecule has 10 heavy (non-hydrogen) atoms. The molecule has 1 amide bonds. The molecule has 0 aliphatic rings. The highest BCUT2D eigenvalue weighted by Gasteiger charge is 2.21. The van der Waals surface area contributed by atoms with Crippen molar-refractivity contribution in [3.8, 4) is 0 Å². The van der Waals surface area contributed by atoms with Gasteiger partial charge in [-0.1, -0.05) is 0 Å². The Bertz CT molecular complexity index is 122. The van der Waals surface area contributed by atoms with E-state index in [0.717, 1.165) is 0 Å². The number of carbonyl (C=O) groups is 1. The fraction of sp³-hybridized carbons (Fsp3) is 0.833. The lowest BCUT2D eigenvalue weighted by Gasteiger charge is -2.17. The summed E-state index contributed by atoms with van der Waals surface area (Å²) in [4.78, 5) is 12.0. The molecule has 2 N–H and O–H groups in total. The van der Waals surface area contributed by atoms with Gasteiger partial charge < -0.3 is 15.1 Å². The van der Waals surface area contributed by atoms with E-state index in [9.17, 15) is 4.79 Å². The summed E-state index contributed by atoms with van der Waals surface area (Å²) in [6, 6.07) is 0. The SMILES string of the molecule is CC(O)C(O)C(=O)N(C)C. The molecule has 0 bridgehead atoms. The van der Waals surface area contributed by atoms with Gasteiger partial charge in [-0.25, -0.2) is 0 Å². The fourth-order valence-electron chi connectivity index (χ4n) is 0.471. The second-order valence-electron chi connectivity index (χ2n) is 2.42. The summed E-state index contributed by atoms with van der Waals surface area (Å²) in [5.41, 5.74) is 0. The molecule has 0 fully saturated rings. The normalized spacial score (nSPS) is 16.1. The van der Waals surface area contributed by atoms with Gasteiger partial charge in [-0.2, -0.15) is 0 Å². The first-order valence-electron chi connectivity index (χ1n) is 3.04. The molecule has 0 rings (SSSR count). The van der Waals surface area contributed by atoms with Crippen molar-refractivity contribution >= 4 is 5.91 Å². The van der Waals surface area contributed by atoms with Crippen LogP contribution in [-0.4, -0.2) is 47.3 Å². The molecule has 0 heterocycles. The summed E-state index contributed by atoms with van der Waals surface area (Å²) < 4.78 is 0. The molecule has 0 aliphatic heterocycles. The average molecular weight is 147 g/mol. The Morgan fingerprint density at radius 3 is 1.90 bits per heavy atom. The van der Waals surface area contributed by atoms with Crippen LogP contribution in [0.2, 0.25) is 0 Å². The van der Waals surface area contributed by atoms with Crippen molar-refractivity contribution in [2.75, 3.05) is 14.1 Å². The summed E-state index contributed by atoms with van der Waals surface area (Å²) in [5, 5.41) is 17.7. The smallest absolute Gasteiger partial charge is 0.253 e. The minimum absolute atomic E-state index is 0.477. The lowest BCUT2D eigenvalue weighted by atomic mass is 10.2. The molecule has 0 aromatic carbocycles. The first-order valence-corrected chi connectivity index (χ1v) is 3.04. The molecule has 0 saturated heterocycles. The molecule has 2 unspecified atom stereocenters. The summed E-state index contributed by atoms with van der Waals surface area (Å²) >= 11 is 0. The zero-order chi connectivity index (χ0) is 8.31. The third-order valence-electron chi connectivity index (χ3n) is 1.15. The van der Waals surface area contributed by atoms with Gasteiger partial charge in [-0.15, -0.1) is 0 Å². The molecule has 4 heteroatoms. The van der Waals surface area contributed by atoms with E-state index in [1.54, 1.807) is 0 Å². The predicted octanol–water partition coefficient (Wildman–Crippen LogP) is -1.18. The number of hydrogen-bond acceptors (Lipinski definition) is 3. The highest BCUT2D eigenvalue weighted by molar-refractivity contribution is 5.80. The lowest BCUT2D eigenvalue weighted by Crippen LogP contribution is -2.40. The Labute approximate surface area is 60.1 Å². The van der Waals surface area contributed by atoms with Crippen LogP contribution in [0.4, 0.5) is 0 Å². The molecule has 0 saturated carbocycles. The second kappa shape index (κ2) is 3.53. The number of amides is 1. The molecule has 4 nitrogen and oxygen atoms in total. The molecule has 0 aromatic rings. The summed E-state index contributed by atoms with van der Waals surface area (Å²) in [5.74, 6) is -0.477. The molecule has 2 atom stereocenters. The van der Waals surface area contributed by atoms with E-state index in [2.05, 4.69) is 0 Å². The Kier molecular flexibility index (Phi) is 3.32. The monoisotopic (exact) mass is 147 g/mol. The lowest BCUT2D eigenvalue weighted by molar-refractivity contribution is -0.142. The summed E-state index contributed by atoms with van der Waals surface area (Å²) in [6.45, 7) is 1.37. The van der Waals surface area contributed by atoms with Crippen molar-refractivity contribution in [1.82, 2.24) is 4.90 Å². The van der Waals surface area contributed by atoms with Crippen LogP contribution in [0.3, 0.4) is 0 Å². The Morgan fingerprint density at radius 1 is 1.40 bits per heavy atom. The summed E-state index contributed by atoms with van der Waals surface area (Å²) in [6.07, 6.45) is -2.30. The van der Waals surface area contributed by atoms with Crippen LogP contribution in [0, 0.1) is 0 Å². The third kappa shape index (κ3) is 2.33. The predicted molar refractivity (Wildman–Crippen MR) is 36.4 cm³/mol. The van der Waals surface area contributed by atoms with Gasteiger partial charge in [-0.3, -0.25) is 4.79 Å². The van der Waals surface area contributed by atoms with Crippen molar-refractivity contribution in [2.45, 2.75) is 19.1 Å². The van der Waals surface area contributed by atoms with Gasteiger partial charge in [0.2, 0.25) is 0 Å². The average Bonchev–Trinajstić information content (AvgIpc) is 1.84. The molecule has 0 spiro atoms. The quantitative estimate of drug-likeness (QED) is 0.516. The number of aliphatic hydroxyl groups is 2. The number of likely N-dealkylation sites (N-methyl/N-ethyl adjacent to an activating group) is 1. The van der Waals surface area contributed by atoms with E-state index in [-0.39, 0.29) is 0 Å². The van der Waals surface area contributed by atoms with Gasteiger partial charge in [-0.05, 0) is 6.92 Å². The maximum absolute atomic E-state index is 10.8. The van der Waals surface area contributed by atoms with Gasteiger partial charge in [0, 0.05) is 14.1 Å². The van der Waals surface area contributed by atoms with Gasteiger partial charge in [0.1, 0.15) is 0 Å². The van der Waals surface area contributed by atoms with Crippen molar-refractivity contribution < 1.29 is 15.0 Å². The van der Waals surface area contributed by atoms with E-state index in [0.29, 0.717) is 0 Å². The first-order chi connectivity index (χ1) is 4.46. The topological polar surface area (TPSA) is 60.8 Å². The van der Waals surface area contributed by atoms with Crippen LogP contribution in [0.1, 0.15) is 6.92 Å². The van der Waals surface area contributed by atoms with E-state index in [4.69, 9.17) is 10.2 Å². The van der Waals surface area contributed by atoms with E-state index < -0.39 is 18.1 Å². The van der Waals surface area contributed by atoms with Crippen molar-refractivity contribution in [1.29, 1.82) is 0 Å². The molecular weight excluding hydrogens is 134 g/mol. The van der Waals surface area contributed by atoms with Crippen LogP contribution in [-0.2, 0) is 4.79 Å². The maximum atomic E-state index is 10.8. The molecule has 0 aliphatic carbocycles. The van der Waals surface area contributed by atoms with Gasteiger partial charge in [0.25, 0.3) is 5.91 Å².